The van der Waals surface area contributed by atoms with Gasteiger partial charge in [-0.25, -0.2) is 4.79 Å². The van der Waals surface area contributed by atoms with E-state index in [4.69, 9.17) is 15.2 Å². The first-order chi connectivity index (χ1) is 9.04. The number of hydrogen-bond donors (Lipinski definition) is 1. The zero-order valence-electron chi connectivity index (χ0n) is 11.3. The molecule has 0 amide bonds. The van der Waals surface area contributed by atoms with Crippen LogP contribution in [0.3, 0.4) is 0 Å². The number of nitrogens with two attached hydrogens (primary N) is 1. The average molecular weight is 330 g/mol. The number of esters is 1. The molecule has 2 N–H and O–H groups in total. The summed E-state index contributed by atoms with van der Waals surface area (Å²) in [4.78, 5) is 11.5. The van der Waals surface area contributed by atoms with Gasteiger partial charge in [0.1, 0.15) is 5.75 Å². The van der Waals surface area contributed by atoms with Crippen LogP contribution in [0.25, 0.3) is 0 Å². The molecule has 0 fully saturated rings. The SMILES string of the molecule is CCCCOC(=O)COc1ccc(Br)cc1[C@@H](C)N. The van der Waals surface area contributed by atoms with E-state index in [1.165, 1.54) is 0 Å². The van der Waals surface area contributed by atoms with Crippen LogP contribution in [0.2, 0.25) is 0 Å². The largest absolute Gasteiger partial charge is 0.482 e. The summed E-state index contributed by atoms with van der Waals surface area (Å²) < 4.78 is 11.4. The third-order valence-corrected chi connectivity index (χ3v) is 3.06. The van der Waals surface area contributed by atoms with E-state index in [1.807, 2.05) is 26.0 Å². The number of ether oxygens (including phenoxy) is 2. The van der Waals surface area contributed by atoms with E-state index in [9.17, 15) is 4.79 Å². The molecule has 0 unspecified atom stereocenters. The third-order valence-electron chi connectivity index (χ3n) is 2.57. The fraction of sp³-hybridized carbons (Fsp3) is 0.500. The normalized spacial score (nSPS) is 12.0. The van der Waals surface area contributed by atoms with Crippen LogP contribution in [0.5, 0.6) is 5.75 Å². The molecule has 0 saturated heterocycles. The predicted octanol–water partition coefficient (Wildman–Crippen LogP) is 3.19. The highest BCUT2D eigenvalue weighted by molar-refractivity contribution is 9.10. The molecule has 0 radical (unpaired) electrons. The minimum Gasteiger partial charge on any atom is -0.482 e. The zero-order chi connectivity index (χ0) is 14.3. The van der Waals surface area contributed by atoms with Gasteiger partial charge in [0.05, 0.1) is 6.61 Å². The van der Waals surface area contributed by atoms with E-state index in [0.717, 1.165) is 22.9 Å². The van der Waals surface area contributed by atoms with Crippen LogP contribution < -0.4 is 10.5 Å². The summed E-state index contributed by atoms with van der Waals surface area (Å²) in [6.07, 6.45) is 1.87. The smallest absolute Gasteiger partial charge is 0.344 e. The van der Waals surface area contributed by atoms with E-state index < -0.39 is 0 Å². The van der Waals surface area contributed by atoms with Gasteiger partial charge in [0.25, 0.3) is 0 Å². The van der Waals surface area contributed by atoms with Gasteiger partial charge in [-0.15, -0.1) is 0 Å². The highest BCUT2D eigenvalue weighted by atomic mass is 79.9. The summed E-state index contributed by atoms with van der Waals surface area (Å²) >= 11 is 3.38. The van der Waals surface area contributed by atoms with Gasteiger partial charge in [-0.1, -0.05) is 29.3 Å². The summed E-state index contributed by atoms with van der Waals surface area (Å²) in [6, 6.07) is 5.37. The van der Waals surface area contributed by atoms with Crippen molar-refractivity contribution < 1.29 is 14.3 Å². The molecule has 0 aromatic heterocycles. The monoisotopic (exact) mass is 329 g/mol. The van der Waals surface area contributed by atoms with E-state index in [-0.39, 0.29) is 18.6 Å². The van der Waals surface area contributed by atoms with Crippen LogP contribution in [-0.4, -0.2) is 19.2 Å². The number of halogens is 1. The Hall–Kier alpha value is -1.07. The number of rotatable bonds is 7. The number of hydrogen-bond acceptors (Lipinski definition) is 4. The Morgan fingerprint density at radius 3 is 2.84 bits per heavy atom. The maximum atomic E-state index is 11.5. The van der Waals surface area contributed by atoms with Gasteiger partial charge >= 0.3 is 5.97 Å². The minimum absolute atomic E-state index is 0.0922. The van der Waals surface area contributed by atoms with Crippen molar-refractivity contribution in [3.63, 3.8) is 0 Å². The molecule has 0 aliphatic heterocycles. The molecule has 0 aliphatic rings. The summed E-state index contributed by atoms with van der Waals surface area (Å²) in [5, 5.41) is 0. The van der Waals surface area contributed by atoms with Crippen LogP contribution >= 0.6 is 15.9 Å². The lowest BCUT2D eigenvalue weighted by atomic mass is 10.1. The van der Waals surface area contributed by atoms with Crippen molar-refractivity contribution in [1.29, 1.82) is 0 Å². The highest BCUT2D eigenvalue weighted by Gasteiger charge is 2.11. The average Bonchev–Trinajstić information content (AvgIpc) is 2.37. The van der Waals surface area contributed by atoms with E-state index in [0.29, 0.717) is 12.4 Å². The Balaban J connectivity index is 2.55. The van der Waals surface area contributed by atoms with Crippen molar-refractivity contribution in [2.75, 3.05) is 13.2 Å². The van der Waals surface area contributed by atoms with Crippen LogP contribution in [0.15, 0.2) is 22.7 Å². The number of unbranched alkanes of at least 4 members (excludes halogenated alkanes) is 1. The molecular weight excluding hydrogens is 310 g/mol. The van der Waals surface area contributed by atoms with E-state index in [2.05, 4.69) is 15.9 Å². The zero-order valence-corrected chi connectivity index (χ0v) is 12.9. The Bertz CT molecular complexity index is 421. The fourth-order valence-electron chi connectivity index (χ4n) is 1.52. The van der Waals surface area contributed by atoms with Gasteiger partial charge in [0, 0.05) is 16.1 Å². The molecule has 1 atom stereocenters. The van der Waals surface area contributed by atoms with E-state index >= 15 is 0 Å². The first-order valence-electron chi connectivity index (χ1n) is 6.38. The van der Waals surface area contributed by atoms with Crippen molar-refractivity contribution in [3.05, 3.63) is 28.2 Å². The van der Waals surface area contributed by atoms with Crippen molar-refractivity contribution in [3.8, 4) is 5.75 Å². The summed E-state index contributed by atoms with van der Waals surface area (Å²) in [6.45, 7) is 4.26. The van der Waals surface area contributed by atoms with E-state index in [1.54, 1.807) is 6.07 Å². The standard InChI is InChI=1S/C14H20BrNO3/c1-3-4-7-18-14(17)9-19-13-6-5-11(15)8-12(13)10(2)16/h5-6,8,10H,3-4,7,9,16H2,1-2H3/t10-/m1/s1. The highest BCUT2D eigenvalue weighted by Crippen LogP contribution is 2.27. The fourth-order valence-corrected chi connectivity index (χ4v) is 1.89. The Morgan fingerprint density at radius 1 is 1.47 bits per heavy atom. The van der Waals surface area contributed by atoms with Gasteiger partial charge in [0.15, 0.2) is 6.61 Å². The van der Waals surface area contributed by atoms with Crippen LogP contribution in [0.4, 0.5) is 0 Å². The molecule has 0 aliphatic carbocycles. The summed E-state index contributed by atoms with van der Waals surface area (Å²) in [7, 11) is 0. The first-order valence-corrected chi connectivity index (χ1v) is 7.17. The quantitative estimate of drug-likeness (QED) is 0.616. The second-order valence-corrected chi connectivity index (χ2v) is 5.25. The maximum Gasteiger partial charge on any atom is 0.344 e. The second-order valence-electron chi connectivity index (χ2n) is 4.33. The molecule has 4 nitrogen and oxygen atoms in total. The van der Waals surface area contributed by atoms with Crippen molar-refractivity contribution in [2.24, 2.45) is 5.73 Å². The molecule has 1 rings (SSSR count). The topological polar surface area (TPSA) is 61.5 Å². The summed E-state index contributed by atoms with van der Waals surface area (Å²) in [5.74, 6) is 0.262. The lowest BCUT2D eigenvalue weighted by Crippen LogP contribution is -2.17. The molecule has 106 valence electrons. The number of carbonyl (C=O) groups excluding carboxylic acids is 1. The van der Waals surface area contributed by atoms with Crippen molar-refractivity contribution >= 4 is 21.9 Å². The van der Waals surface area contributed by atoms with Crippen molar-refractivity contribution in [2.45, 2.75) is 32.7 Å². The van der Waals surface area contributed by atoms with Gasteiger partial charge in [-0.3, -0.25) is 0 Å². The molecule has 1 aromatic carbocycles. The predicted molar refractivity (Wildman–Crippen MR) is 78.1 cm³/mol. The first kappa shape index (κ1) is 16.0. The second kappa shape index (κ2) is 8.17. The Morgan fingerprint density at radius 2 is 2.21 bits per heavy atom. The molecule has 5 heteroatoms. The van der Waals surface area contributed by atoms with Gasteiger partial charge in [0.2, 0.25) is 0 Å². The molecule has 0 bridgehead atoms. The maximum absolute atomic E-state index is 11.5. The lowest BCUT2D eigenvalue weighted by Gasteiger charge is -2.14. The molecule has 0 heterocycles. The minimum atomic E-state index is -0.355. The molecule has 0 spiro atoms. The van der Waals surface area contributed by atoms with Gasteiger partial charge in [-0.2, -0.15) is 0 Å². The Kier molecular flexibility index (Phi) is 6.87. The molecule has 0 saturated carbocycles. The van der Waals surface area contributed by atoms with Gasteiger partial charge in [-0.05, 0) is 31.5 Å². The van der Waals surface area contributed by atoms with Crippen LogP contribution in [-0.2, 0) is 9.53 Å². The third kappa shape index (κ3) is 5.61. The van der Waals surface area contributed by atoms with Crippen molar-refractivity contribution in [1.82, 2.24) is 0 Å². The van der Waals surface area contributed by atoms with Gasteiger partial charge < -0.3 is 15.2 Å². The molecular formula is C14H20BrNO3. The van der Waals surface area contributed by atoms with Crippen LogP contribution in [0.1, 0.15) is 38.3 Å². The number of benzene rings is 1. The molecule has 1 aromatic rings. The van der Waals surface area contributed by atoms with Crippen LogP contribution in [0, 0.1) is 0 Å². The number of carbonyl (C=O) groups is 1. The molecule has 19 heavy (non-hydrogen) atoms. The summed E-state index contributed by atoms with van der Waals surface area (Å²) in [5.41, 5.74) is 6.73. The Labute approximate surface area is 122 Å². The lowest BCUT2D eigenvalue weighted by molar-refractivity contribution is -0.146.